The summed E-state index contributed by atoms with van der Waals surface area (Å²) < 4.78 is 4.43. The average molecular weight is 744 g/mol. The third-order valence-corrected chi connectivity index (χ3v) is 7.59. The summed E-state index contributed by atoms with van der Waals surface area (Å²) in [4.78, 5) is 9.13. The summed E-state index contributed by atoms with van der Waals surface area (Å²) >= 11 is 0. The topological polar surface area (TPSA) is 33.2 Å². The summed E-state index contributed by atoms with van der Waals surface area (Å²) in [5, 5.41) is 0. The van der Waals surface area contributed by atoms with Crippen molar-refractivity contribution in [2.24, 2.45) is 4.99 Å². The molecule has 4 nitrogen and oxygen atoms in total. The van der Waals surface area contributed by atoms with Crippen molar-refractivity contribution in [3.8, 4) is 17.1 Å². The van der Waals surface area contributed by atoms with Crippen LogP contribution in [-0.2, 0) is 20.1 Å². The van der Waals surface area contributed by atoms with Gasteiger partial charge in [0.1, 0.15) is 17.9 Å². The number of aromatic nitrogens is 2. The van der Waals surface area contributed by atoms with Crippen LogP contribution in [0.2, 0.25) is 0 Å². The van der Waals surface area contributed by atoms with Crippen LogP contribution in [0.3, 0.4) is 0 Å². The van der Waals surface area contributed by atoms with Gasteiger partial charge in [0.2, 0.25) is 0 Å². The van der Waals surface area contributed by atoms with Crippen LogP contribution < -0.4 is 0 Å². The van der Waals surface area contributed by atoms with Crippen molar-refractivity contribution in [1.29, 1.82) is 0 Å². The summed E-state index contributed by atoms with van der Waals surface area (Å²) in [6, 6.07) is 35.5. The van der Waals surface area contributed by atoms with Gasteiger partial charge in [-0.15, -0.1) is 66.2 Å². The Hall–Kier alpha value is -3.92. The fourth-order valence-corrected chi connectivity index (χ4v) is 5.51. The van der Waals surface area contributed by atoms with E-state index in [0.29, 0.717) is 11.8 Å². The molecule has 0 atom stereocenters. The minimum absolute atomic E-state index is 0. The second-order valence-electron chi connectivity index (χ2n) is 11.3. The fourth-order valence-electron chi connectivity index (χ4n) is 5.51. The Morgan fingerprint density at radius 1 is 0.744 bits per heavy atom. The average Bonchev–Trinajstić information content (AvgIpc) is 3.69. The van der Waals surface area contributed by atoms with Crippen LogP contribution in [0, 0.1) is 26.0 Å². The van der Waals surface area contributed by atoms with E-state index in [9.17, 15) is 0 Å². The number of nitrogens with zero attached hydrogens (tertiary/aromatic N) is 4. The Morgan fingerprint density at radius 3 is 1.88 bits per heavy atom. The van der Waals surface area contributed by atoms with Crippen molar-refractivity contribution < 1.29 is 24.7 Å². The molecule has 6 rings (SSSR count). The number of hydrogen-bond acceptors (Lipinski definition) is 2. The first-order valence-corrected chi connectivity index (χ1v) is 14.7. The zero-order chi connectivity index (χ0) is 29.6. The molecular formula is C38H39IrN4-. The van der Waals surface area contributed by atoms with Crippen molar-refractivity contribution in [3.05, 3.63) is 137 Å². The molecule has 0 aliphatic carbocycles. The normalized spacial score (nSPS) is 12.4. The molecule has 1 aromatic heterocycles. The Balaban J connectivity index is 0.000000195. The molecule has 0 fully saturated rings. The Morgan fingerprint density at radius 2 is 1.33 bits per heavy atom. The molecule has 2 heterocycles. The van der Waals surface area contributed by atoms with Crippen LogP contribution in [0.15, 0.2) is 102 Å². The number of aryl methyl sites for hydroxylation is 2. The van der Waals surface area contributed by atoms with E-state index in [2.05, 4.69) is 128 Å². The van der Waals surface area contributed by atoms with E-state index < -0.39 is 0 Å². The molecule has 0 saturated carbocycles. The molecule has 0 N–H and O–H groups in total. The summed E-state index contributed by atoms with van der Waals surface area (Å²) in [6.45, 7) is 14.1. The van der Waals surface area contributed by atoms with Gasteiger partial charge in [0.25, 0.3) is 6.34 Å². The predicted molar refractivity (Wildman–Crippen MR) is 175 cm³/mol. The second kappa shape index (κ2) is 14.5. The maximum absolute atomic E-state index is 4.60. The molecule has 1 aliphatic heterocycles. The van der Waals surface area contributed by atoms with Gasteiger partial charge in [0.15, 0.2) is 0 Å². The van der Waals surface area contributed by atoms with Crippen molar-refractivity contribution in [1.82, 2.24) is 9.55 Å². The van der Waals surface area contributed by atoms with E-state index in [-0.39, 0.29) is 20.1 Å². The van der Waals surface area contributed by atoms with Gasteiger partial charge in [-0.2, -0.15) is 0 Å². The zero-order valence-corrected chi connectivity index (χ0v) is 28.2. The van der Waals surface area contributed by atoms with Gasteiger partial charge in [0.05, 0.1) is 5.82 Å². The van der Waals surface area contributed by atoms with Crippen molar-refractivity contribution in [2.45, 2.75) is 53.4 Å². The van der Waals surface area contributed by atoms with Crippen molar-refractivity contribution >= 4 is 17.7 Å². The molecule has 1 radical (unpaired) electrons. The van der Waals surface area contributed by atoms with E-state index in [1.807, 2.05) is 48.9 Å². The number of rotatable bonds is 6. The summed E-state index contributed by atoms with van der Waals surface area (Å²) in [6.07, 6.45) is 5.85. The number of aliphatic imine (C=N–C) groups is 1. The van der Waals surface area contributed by atoms with Crippen LogP contribution in [0.4, 0.5) is 5.69 Å². The monoisotopic (exact) mass is 744 g/mol. The predicted octanol–water partition coefficient (Wildman–Crippen LogP) is 8.86. The molecule has 0 unspecified atom stereocenters. The molecule has 0 saturated heterocycles. The molecule has 0 spiro atoms. The molecule has 5 aromatic rings. The minimum Gasteiger partial charge on any atom is -0.340 e. The first-order valence-electron chi connectivity index (χ1n) is 14.7. The van der Waals surface area contributed by atoms with Gasteiger partial charge >= 0.3 is 0 Å². The third kappa shape index (κ3) is 7.18. The zero-order valence-electron chi connectivity index (χ0n) is 25.8. The van der Waals surface area contributed by atoms with Gasteiger partial charge < -0.3 is 4.57 Å². The Kier molecular flexibility index (Phi) is 10.8. The van der Waals surface area contributed by atoms with E-state index >= 15 is 0 Å². The fraction of sp³-hybridized carbons (Fsp3) is 0.237. The van der Waals surface area contributed by atoms with Gasteiger partial charge in [-0.3, -0.25) is 4.98 Å². The first-order chi connectivity index (χ1) is 20.3. The third-order valence-electron chi connectivity index (χ3n) is 7.59. The number of benzene rings is 4. The molecule has 0 amide bonds. The summed E-state index contributed by atoms with van der Waals surface area (Å²) in [5.74, 6) is 1.86. The molecule has 221 valence electrons. The quantitative estimate of drug-likeness (QED) is 0.126. The number of para-hydroxylation sites is 2. The molecule has 5 heteroatoms. The Labute approximate surface area is 270 Å². The number of imidazole rings is 1. The van der Waals surface area contributed by atoms with Gasteiger partial charge in [-0.05, 0) is 47.9 Å². The molecule has 43 heavy (non-hydrogen) atoms. The van der Waals surface area contributed by atoms with Crippen molar-refractivity contribution in [2.75, 3.05) is 6.54 Å². The van der Waals surface area contributed by atoms with Crippen LogP contribution >= 0.6 is 0 Å². The number of hydrogen-bond donors (Lipinski definition) is 0. The Bertz CT molecular complexity index is 1670. The van der Waals surface area contributed by atoms with Crippen LogP contribution in [0.1, 0.15) is 67.3 Å². The van der Waals surface area contributed by atoms with Crippen LogP contribution in [0.25, 0.3) is 17.1 Å². The van der Waals surface area contributed by atoms with Gasteiger partial charge in [-0.25, -0.2) is 4.58 Å². The molecule has 4 aromatic carbocycles. The minimum atomic E-state index is 0. The largest absolute Gasteiger partial charge is 0.340 e. The SMILES string of the molecule is CC(C)c1cccc(C(C)C)c1-n1ccnc1-c1[c-]cccc1.Cc1cccc(C)c1[N+]1=CN=C(c2[c-]cccc2)C1.[Ir]. The smallest absolute Gasteiger partial charge is 0.276 e. The van der Waals surface area contributed by atoms with Crippen molar-refractivity contribution in [3.63, 3.8) is 0 Å². The maximum atomic E-state index is 4.60. The second-order valence-corrected chi connectivity index (χ2v) is 11.3. The van der Waals surface area contributed by atoms with E-state index in [1.54, 1.807) is 0 Å². The molecule has 1 aliphatic rings. The summed E-state index contributed by atoms with van der Waals surface area (Å²) in [7, 11) is 0. The van der Waals surface area contributed by atoms with Crippen LogP contribution in [-0.4, -0.2) is 32.7 Å². The molecule has 0 bridgehead atoms. The first kappa shape index (κ1) is 32.0. The maximum Gasteiger partial charge on any atom is 0.276 e. The summed E-state index contributed by atoms with van der Waals surface area (Å²) in [5.41, 5.74) is 11.0. The van der Waals surface area contributed by atoms with Gasteiger partial charge in [-0.1, -0.05) is 74.6 Å². The van der Waals surface area contributed by atoms with E-state index in [1.165, 1.54) is 33.6 Å². The van der Waals surface area contributed by atoms with Gasteiger partial charge in [0, 0.05) is 38.2 Å². The van der Waals surface area contributed by atoms with Crippen LogP contribution in [0.5, 0.6) is 0 Å². The van der Waals surface area contributed by atoms with E-state index in [4.69, 9.17) is 0 Å². The standard InChI is InChI=1S/C21H23N2.C17H16N2.Ir/c1-15(2)18-11-8-12-19(16(3)4)20(18)23-14-13-22-21(23)17-9-6-5-7-10-17;1-13-7-6-8-14(2)17(13)19-11-16(18-12-19)15-9-4-3-5-10-15;/h5-9,11-16H,1-4H3;3-9,12H,11H2,1-2H3;/q-1;;. The van der Waals surface area contributed by atoms with E-state index in [0.717, 1.165) is 29.2 Å². The molecular weight excluding hydrogens is 705 g/mol.